The van der Waals surface area contributed by atoms with Crippen molar-refractivity contribution in [3.63, 3.8) is 0 Å². The summed E-state index contributed by atoms with van der Waals surface area (Å²) >= 11 is 0. The second-order valence-corrected chi connectivity index (χ2v) is 7.80. The number of rotatable bonds is 4. The first-order valence-corrected chi connectivity index (χ1v) is 8.71. The van der Waals surface area contributed by atoms with E-state index < -0.39 is 5.60 Å². The highest BCUT2D eigenvalue weighted by atomic mass is 16.6. The topological polar surface area (TPSA) is 61.8 Å². The van der Waals surface area contributed by atoms with Crippen LogP contribution >= 0.6 is 0 Å². The van der Waals surface area contributed by atoms with Gasteiger partial charge in [-0.25, -0.2) is 4.79 Å². The molecule has 1 amide bonds. The van der Waals surface area contributed by atoms with E-state index in [1.165, 1.54) is 12.8 Å². The third kappa shape index (κ3) is 5.13. The predicted molar refractivity (Wildman–Crippen MR) is 86.7 cm³/mol. The summed E-state index contributed by atoms with van der Waals surface area (Å²) in [5.41, 5.74) is -0.419. The molecular formula is C17H32N2O3. The normalized spacial score (nSPS) is 27.2. The number of amides is 1. The van der Waals surface area contributed by atoms with Crippen molar-refractivity contribution in [2.24, 2.45) is 11.8 Å². The van der Waals surface area contributed by atoms with Gasteiger partial charge in [0.1, 0.15) is 5.60 Å². The molecule has 0 aromatic rings. The largest absolute Gasteiger partial charge is 0.444 e. The number of hydrogen-bond donors (Lipinski definition) is 2. The molecule has 2 fully saturated rings. The van der Waals surface area contributed by atoms with Crippen molar-refractivity contribution in [3.05, 3.63) is 0 Å². The third-order valence-corrected chi connectivity index (χ3v) is 4.83. The molecule has 0 aromatic carbocycles. The number of piperidine rings is 1. The monoisotopic (exact) mass is 312 g/mol. The quantitative estimate of drug-likeness (QED) is 0.837. The molecule has 22 heavy (non-hydrogen) atoms. The average molecular weight is 312 g/mol. The summed E-state index contributed by atoms with van der Waals surface area (Å²) in [4.78, 5) is 13.9. The van der Waals surface area contributed by atoms with Gasteiger partial charge in [-0.1, -0.05) is 6.42 Å². The molecule has 1 saturated carbocycles. The summed E-state index contributed by atoms with van der Waals surface area (Å²) in [7, 11) is 0. The fourth-order valence-corrected chi connectivity index (χ4v) is 3.49. The number of likely N-dealkylation sites (tertiary alicyclic amines) is 1. The zero-order chi connectivity index (χ0) is 16.2. The lowest BCUT2D eigenvalue weighted by Crippen LogP contribution is -2.44. The fraction of sp³-hybridized carbons (Fsp3) is 0.941. The van der Waals surface area contributed by atoms with E-state index in [2.05, 4.69) is 5.32 Å². The van der Waals surface area contributed by atoms with Crippen LogP contribution in [0.1, 0.15) is 52.9 Å². The van der Waals surface area contributed by atoms with E-state index >= 15 is 0 Å². The predicted octanol–water partition coefficient (Wildman–Crippen LogP) is 2.38. The molecule has 2 atom stereocenters. The van der Waals surface area contributed by atoms with Gasteiger partial charge in [0.05, 0.1) is 0 Å². The van der Waals surface area contributed by atoms with Crippen molar-refractivity contribution in [1.82, 2.24) is 10.2 Å². The molecule has 0 aromatic heterocycles. The van der Waals surface area contributed by atoms with E-state index in [4.69, 9.17) is 4.74 Å². The molecule has 0 bridgehead atoms. The number of carbonyl (C=O) groups is 1. The third-order valence-electron chi connectivity index (χ3n) is 4.83. The molecule has 2 rings (SSSR count). The first-order chi connectivity index (χ1) is 10.4. The van der Waals surface area contributed by atoms with Gasteiger partial charge in [-0.15, -0.1) is 0 Å². The van der Waals surface area contributed by atoms with Crippen molar-refractivity contribution >= 4 is 6.09 Å². The number of hydrogen-bond acceptors (Lipinski definition) is 4. The lowest BCUT2D eigenvalue weighted by molar-refractivity contribution is 0.0182. The lowest BCUT2D eigenvalue weighted by Gasteiger charge is -2.34. The van der Waals surface area contributed by atoms with Gasteiger partial charge in [0, 0.05) is 25.7 Å². The molecule has 1 aliphatic carbocycles. The van der Waals surface area contributed by atoms with E-state index in [1.807, 2.05) is 25.7 Å². The van der Waals surface area contributed by atoms with Gasteiger partial charge < -0.3 is 20.1 Å². The van der Waals surface area contributed by atoms with Crippen LogP contribution in [-0.2, 0) is 4.74 Å². The molecule has 1 heterocycles. The van der Waals surface area contributed by atoms with Gasteiger partial charge in [0.2, 0.25) is 0 Å². The number of nitrogens with zero attached hydrogens (tertiary/aromatic N) is 1. The van der Waals surface area contributed by atoms with Gasteiger partial charge in [-0.3, -0.25) is 0 Å². The summed E-state index contributed by atoms with van der Waals surface area (Å²) in [6.45, 7) is 8.59. The van der Waals surface area contributed by atoms with Crippen LogP contribution in [0.2, 0.25) is 0 Å². The number of ether oxygens (including phenoxy) is 1. The molecule has 0 spiro atoms. The highest BCUT2D eigenvalue weighted by Gasteiger charge is 2.29. The van der Waals surface area contributed by atoms with Crippen LogP contribution in [0.25, 0.3) is 0 Å². The Kier molecular flexibility index (Phi) is 6.09. The number of nitrogens with one attached hydrogen (secondary N) is 1. The summed E-state index contributed by atoms with van der Waals surface area (Å²) in [5.74, 6) is 1.06. The standard InChI is InChI=1S/C17H32N2O3/c1-17(2,3)22-16(21)19-9-7-13(8-10-19)11-18-15-6-4-5-14(15)12-20/h13-15,18,20H,4-12H2,1-3H3. The molecule has 1 aliphatic heterocycles. The maximum Gasteiger partial charge on any atom is 0.410 e. The van der Waals surface area contributed by atoms with Gasteiger partial charge in [0.15, 0.2) is 0 Å². The summed E-state index contributed by atoms with van der Waals surface area (Å²) < 4.78 is 5.43. The van der Waals surface area contributed by atoms with Crippen molar-refractivity contribution in [3.8, 4) is 0 Å². The molecule has 2 aliphatic rings. The first kappa shape index (κ1) is 17.5. The van der Waals surface area contributed by atoms with E-state index in [-0.39, 0.29) is 6.09 Å². The summed E-state index contributed by atoms with van der Waals surface area (Å²) in [5, 5.41) is 13.0. The highest BCUT2D eigenvalue weighted by Crippen LogP contribution is 2.26. The maximum atomic E-state index is 12.0. The molecular weight excluding hydrogens is 280 g/mol. The zero-order valence-electron chi connectivity index (χ0n) is 14.3. The van der Waals surface area contributed by atoms with Crippen LogP contribution in [0.4, 0.5) is 4.79 Å². The highest BCUT2D eigenvalue weighted by molar-refractivity contribution is 5.68. The van der Waals surface area contributed by atoms with Crippen LogP contribution in [-0.4, -0.2) is 54.0 Å². The van der Waals surface area contributed by atoms with E-state index in [1.54, 1.807) is 0 Å². The summed E-state index contributed by atoms with van der Waals surface area (Å²) in [6, 6.07) is 0.480. The SMILES string of the molecule is CC(C)(C)OC(=O)N1CCC(CNC2CCCC2CO)CC1. The van der Waals surface area contributed by atoms with Gasteiger partial charge in [0.25, 0.3) is 0 Å². The second kappa shape index (κ2) is 7.64. The zero-order valence-corrected chi connectivity index (χ0v) is 14.3. The fourth-order valence-electron chi connectivity index (χ4n) is 3.49. The van der Waals surface area contributed by atoms with E-state index in [0.29, 0.717) is 24.5 Å². The molecule has 5 nitrogen and oxygen atoms in total. The number of carbonyl (C=O) groups excluding carboxylic acids is 1. The van der Waals surface area contributed by atoms with Crippen molar-refractivity contribution in [1.29, 1.82) is 0 Å². The van der Waals surface area contributed by atoms with E-state index in [0.717, 1.165) is 38.9 Å². The minimum absolute atomic E-state index is 0.185. The van der Waals surface area contributed by atoms with E-state index in [9.17, 15) is 9.90 Å². The van der Waals surface area contributed by atoms with Crippen LogP contribution in [0, 0.1) is 11.8 Å². The first-order valence-electron chi connectivity index (χ1n) is 8.71. The lowest BCUT2D eigenvalue weighted by atomic mass is 9.96. The van der Waals surface area contributed by atoms with Gasteiger partial charge in [-0.05, 0) is 64.8 Å². The Morgan fingerprint density at radius 2 is 1.91 bits per heavy atom. The Labute approximate surface area is 134 Å². The minimum atomic E-state index is -0.419. The molecule has 5 heteroatoms. The Morgan fingerprint density at radius 1 is 1.23 bits per heavy atom. The van der Waals surface area contributed by atoms with Crippen molar-refractivity contribution in [2.75, 3.05) is 26.2 Å². The number of aliphatic hydroxyl groups is 1. The summed E-state index contributed by atoms with van der Waals surface area (Å²) in [6.07, 6.45) is 5.42. The molecule has 128 valence electrons. The second-order valence-electron chi connectivity index (χ2n) is 7.80. The van der Waals surface area contributed by atoms with Crippen LogP contribution in [0.3, 0.4) is 0 Å². The van der Waals surface area contributed by atoms with Crippen LogP contribution in [0.5, 0.6) is 0 Å². The van der Waals surface area contributed by atoms with Crippen LogP contribution < -0.4 is 5.32 Å². The minimum Gasteiger partial charge on any atom is -0.444 e. The molecule has 2 unspecified atom stereocenters. The van der Waals surface area contributed by atoms with Gasteiger partial charge in [-0.2, -0.15) is 0 Å². The Bertz CT molecular complexity index is 359. The Morgan fingerprint density at radius 3 is 2.50 bits per heavy atom. The maximum absolute atomic E-state index is 12.0. The number of aliphatic hydroxyl groups excluding tert-OH is 1. The average Bonchev–Trinajstić information content (AvgIpc) is 2.91. The van der Waals surface area contributed by atoms with Crippen molar-refractivity contribution < 1.29 is 14.6 Å². The van der Waals surface area contributed by atoms with Crippen LogP contribution in [0.15, 0.2) is 0 Å². The van der Waals surface area contributed by atoms with Gasteiger partial charge >= 0.3 is 6.09 Å². The van der Waals surface area contributed by atoms with Crippen molar-refractivity contribution in [2.45, 2.75) is 64.5 Å². The molecule has 1 saturated heterocycles. The molecule has 2 N–H and O–H groups in total. The molecule has 0 radical (unpaired) electrons. The Hall–Kier alpha value is -0.810. The Balaban J connectivity index is 1.68. The smallest absolute Gasteiger partial charge is 0.410 e.